The third kappa shape index (κ3) is 4.93. The molecule has 0 aliphatic carbocycles. The van der Waals surface area contributed by atoms with Crippen LogP contribution < -0.4 is 5.32 Å². The van der Waals surface area contributed by atoms with Crippen molar-refractivity contribution >= 4 is 22.9 Å². The minimum absolute atomic E-state index is 0.0431. The zero-order chi connectivity index (χ0) is 17.6. The number of thioether (sulfide) groups is 1. The molecule has 0 saturated carbocycles. The van der Waals surface area contributed by atoms with Crippen molar-refractivity contribution in [3.05, 3.63) is 35.6 Å². The Morgan fingerprint density at radius 3 is 2.60 bits per heavy atom. The predicted octanol–water partition coefficient (Wildman–Crippen LogP) is 1.48. The summed E-state index contributed by atoms with van der Waals surface area (Å²) in [5.41, 5.74) is 0.955. The molecule has 8 heteroatoms. The number of hydrogen-bond donors (Lipinski definition) is 1. The van der Waals surface area contributed by atoms with Crippen molar-refractivity contribution < 1.29 is 18.7 Å². The van der Waals surface area contributed by atoms with Gasteiger partial charge in [-0.3, -0.25) is 14.5 Å². The van der Waals surface area contributed by atoms with Crippen molar-refractivity contribution in [3.8, 4) is 0 Å². The molecule has 0 bridgehead atoms. The lowest BCUT2D eigenvalue weighted by molar-refractivity contribution is -0.121. The smallest absolute Gasteiger partial charge is 0.282 e. The van der Waals surface area contributed by atoms with E-state index in [-0.39, 0.29) is 29.6 Å². The zero-order valence-corrected chi connectivity index (χ0v) is 14.8. The molecule has 25 heavy (non-hydrogen) atoms. The summed E-state index contributed by atoms with van der Waals surface area (Å²) in [6.45, 7) is 3.93. The fraction of sp³-hybridized carbons (Fsp3) is 0.529. The number of morpholine rings is 1. The van der Waals surface area contributed by atoms with Gasteiger partial charge in [-0.15, -0.1) is 0 Å². The fourth-order valence-electron chi connectivity index (χ4n) is 3.04. The van der Waals surface area contributed by atoms with Crippen LogP contribution in [-0.4, -0.2) is 72.6 Å². The number of amides is 2. The molecule has 1 aromatic carbocycles. The van der Waals surface area contributed by atoms with Gasteiger partial charge >= 0.3 is 0 Å². The summed E-state index contributed by atoms with van der Waals surface area (Å²) in [7, 11) is 0. The molecule has 2 heterocycles. The Bertz CT molecular complexity index is 608. The number of rotatable bonds is 6. The number of hydrogen-bond acceptors (Lipinski definition) is 5. The number of ether oxygens (including phenoxy) is 1. The van der Waals surface area contributed by atoms with E-state index in [0.29, 0.717) is 26.3 Å². The van der Waals surface area contributed by atoms with E-state index in [1.807, 2.05) is 0 Å². The molecule has 6 nitrogen and oxygen atoms in total. The number of carbonyl (C=O) groups excluding carboxylic acids is 2. The Kier molecular flexibility index (Phi) is 6.28. The van der Waals surface area contributed by atoms with E-state index >= 15 is 0 Å². The van der Waals surface area contributed by atoms with Crippen LogP contribution in [0.4, 0.5) is 9.18 Å². The van der Waals surface area contributed by atoms with Crippen LogP contribution in [0.15, 0.2) is 24.3 Å². The van der Waals surface area contributed by atoms with Gasteiger partial charge in [0.05, 0.1) is 19.3 Å². The molecule has 0 unspecified atom stereocenters. The molecule has 0 spiro atoms. The average molecular weight is 367 g/mol. The minimum Gasteiger partial charge on any atom is -0.379 e. The summed E-state index contributed by atoms with van der Waals surface area (Å²) in [6.07, 6.45) is 0. The first kappa shape index (κ1) is 18.2. The molecule has 2 aliphatic rings. The number of benzene rings is 1. The maximum Gasteiger partial charge on any atom is 0.282 e. The fourth-order valence-corrected chi connectivity index (χ4v) is 3.87. The Labute approximate surface area is 150 Å². The van der Waals surface area contributed by atoms with Crippen molar-refractivity contribution in [2.75, 3.05) is 51.7 Å². The Morgan fingerprint density at radius 2 is 1.96 bits per heavy atom. The van der Waals surface area contributed by atoms with E-state index in [0.717, 1.165) is 24.4 Å². The quantitative estimate of drug-likeness (QED) is 0.825. The van der Waals surface area contributed by atoms with E-state index in [2.05, 4.69) is 10.2 Å². The van der Waals surface area contributed by atoms with Crippen molar-refractivity contribution in [1.82, 2.24) is 15.1 Å². The highest BCUT2D eigenvalue weighted by molar-refractivity contribution is 8.13. The first-order chi connectivity index (χ1) is 12.1. The second kappa shape index (κ2) is 8.64. The Balaban J connectivity index is 1.61. The highest BCUT2D eigenvalue weighted by atomic mass is 32.2. The molecule has 2 saturated heterocycles. The highest BCUT2D eigenvalue weighted by Gasteiger charge is 2.26. The van der Waals surface area contributed by atoms with Gasteiger partial charge in [0.2, 0.25) is 5.91 Å². The number of halogens is 1. The summed E-state index contributed by atoms with van der Waals surface area (Å²) in [5.74, 6) is 0.285. The van der Waals surface area contributed by atoms with Crippen LogP contribution in [-0.2, 0) is 9.53 Å². The molecule has 1 atom stereocenters. The van der Waals surface area contributed by atoms with Gasteiger partial charge in [-0.05, 0) is 17.7 Å². The Morgan fingerprint density at radius 1 is 1.24 bits per heavy atom. The second-order valence-electron chi connectivity index (χ2n) is 6.06. The van der Waals surface area contributed by atoms with Crippen LogP contribution in [0.3, 0.4) is 0 Å². The summed E-state index contributed by atoms with van der Waals surface area (Å²) >= 11 is 1.24. The molecule has 2 aliphatic heterocycles. The number of carbonyl (C=O) groups is 2. The molecule has 1 N–H and O–H groups in total. The molecule has 2 fully saturated rings. The van der Waals surface area contributed by atoms with E-state index in [4.69, 9.17) is 4.74 Å². The van der Waals surface area contributed by atoms with E-state index in [1.165, 1.54) is 23.9 Å². The van der Waals surface area contributed by atoms with Crippen LogP contribution in [0, 0.1) is 5.82 Å². The molecule has 1 aromatic rings. The number of nitrogens with one attached hydrogen (secondary N) is 1. The summed E-state index contributed by atoms with van der Waals surface area (Å²) < 4.78 is 18.6. The third-order valence-electron chi connectivity index (χ3n) is 4.41. The second-order valence-corrected chi connectivity index (χ2v) is 7.10. The maximum atomic E-state index is 13.2. The molecular weight excluding hydrogens is 345 g/mol. The topological polar surface area (TPSA) is 61.9 Å². The summed E-state index contributed by atoms with van der Waals surface area (Å²) in [5, 5.41) is 2.88. The van der Waals surface area contributed by atoms with Gasteiger partial charge in [-0.25, -0.2) is 4.39 Å². The van der Waals surface area contributed by atoms with E-state index in [1.54, 1.807) is 17.0 Å². The molecular formula is C17H22FN3O3S. The minimum atomic E-state index is -0.279. The third-order valence-corrected chi connectivity index (χ3v) is 5.31. The van der Waals surface area contributed by atoms with Gasteiger partial charge in [-0.2, -0.15) is 0 Å². The van der Waals surface area contributed by atoms with Gasteiger partial charge in [0, 0.05) is 31.9 Å². The molecule has 136 valence electrons. The first-order valence-corrected chi connectivity index (χ1v) is 9.38. The van der Waals surface area contributed by atoms with Crippen molar-refractivity contribution in [2.24, 2.45) is 0 Å². The SMILES string of the molecule is O=C(CN1CCSC1=O)NC[C@H](c1ccc(F)cc1)N1CCOCC1. The monoisotopic (exact) mass is 367 g/mol. The Hall–Kier alpha value is -1.64. The largest absolute Gasteiger partial charge is 0.379 e. The van der Waals surface area contributed by atoms with E-state index < -0.39 is 0 Å². The van der Waals surface area contributed by atoms with Crippen molar-refractivity contribution in [3.63, 3.8) is 0 Å². The lowest BCUT2D eigenvalue weighted by Crippen LogP contribution is -2.45. The van der Waals surface area contributed by atoms with Crippen LogP contribution in [0.25, 0.3) is 0 Å². The van der Waals surface area contributed by atoms with Crippen LogP contribution in [0.2, 0.25) is 0 Å². The lowest BCUT2D eigenvalue weighted by atomic mass is 10.0. The van der Waals surface area contributed by atoms with Gasteiger partial charge in [0.25, 0.3) is 5.24 Å². The standard InChI is InChI=1S/C17H22FN3O3S/c18-14-3-1-13(2-4-14)15(20-5-8-24-9-6-20)11-19-16(22)12-21-7-10-25-17(21)23/h1-4,15H,5-12H2,(H,19,22)/t15-/m1/s1. The first-order valence-electron chi connectivity index (χ1n) is 8.39. The van der Waals surface area contributed by atoms with Crippen LogP contribution >= 0.6 is 11.8 Å². The van der Waals surface area contributed by atoms with Gasteiger partial charge in [-0.1, -0.05) is 23.9 Å². The van der Waals surface area contributed by atoms with Gasteiger partial charge in [0.1, 0.15) is 12.4 Å². The molecule has 3 rings (SSSR count). The summed E-state index contributed by atoms with van der Waals surface area (Å²) in [4.78, 5) is 27.6. The zero-order valence-electron chi connectivity index (χ0n) is 13.9. The lowest BCUT2D eigenvalue weighted by Gasteiger charge is -2.35. The van der Waals surface area contributed by atoms with E-state index in [9.17, 15) is 14.0 Å². The highest BCUT2D eigenvalue weighted by Crippen LogP contribution is 2.22. The summed E-state index contributed by atoms with van der Waals surface area (Å²) in [6, 6.07) is 6.33. The molecule has 2 amide bonds. The van der Waals surface area contributed by atoms with Crippen LogP contribution in [0.1, 0.15) is 11.6 Å². The van der Waals surface area contributed by atoms with Gasteiger partial charge in [0.15, 0.2) is 0 Å². The maximum absolute atomic E-state index is 13.2. The molecule has 0 radical (unpaired) electrons. The average Bonchev–Trinajstić information content (AvgIpc) is 3.02. The van der Waals surface area contributed by atoms with Crippen molar-refractivity contribution in [2.45, 2.75) is 6.04 Å². The number of nitrogens with zero attached hydrogens (tertiary/aromatic N) is 2. The predicted molar refractivity (Wildman–Crippen MR) is 94.0 cm³/mol. The molecule has 0 aromatic heterocycles. The van der Waals surface area contributed by atoms with Crippen LogP contribution in [0.5, 0.6) is 0 Å². The van der Waals surface area contributed by atoms with Gasteiger partial charge < -0.3 is 15.0 Å². The normalized spacial score (nSPS) is 19.9. The van der Waals surface area contributed by atoms with Crippen molar-refractivity contribution in [1.29, 1.82) is 0 Å².